The molecule has 2 aromatic heterocycles. The van der Waals surface area contributed by atoms with Gasteiger partial charge in [-0.2, -0.15) is 5.10 Å². The Morgan fingerprint density at radius 1 is 1.23 bits per heavy atom. The Bertz CT molecular complexity index is 932. The highest BCUT2D eigenvalue weighted by molar-refractivity contribution is 5.63. The zero-order chi connectivity index (χ0) is 17.9. The van der Waals surface area contributed by atoms with E-state index in [1.165, 1.54) is 0 Å². The Labute approximate surface area is 151 Å². The fraction of sp³-hybridized carbons (Fsp3) is 0.200. The van der Waals surface area contributed by atoms with Crippen LogP contribution in [0.1, 0.15) is 17.2 Å². The highest BCUT2D eigenvalue weighted by Crippen LogP contribution is 2.31. The van der Waals surface area contributed by atoms with Crippen molar-refractivity contribution in [1.82, 2.24) is 14.8 Å². The summed E-state index contributed by atoms with van der Waals surface area (Å²) in [6, 6.07) is 11.2. The largest absolute Gasteiger partial charge is 0.507 e. The molecule has 1 N–H and O–H groups in total. The Hall–Kier alpha value is -3.12. The number of nitrogens with zero attached hydrogens (tertiary/aromatic N) is 3. The number of ether oxygens (including phenoxy) is 2. The monoisotopic (exact) mass is 349 g/mol. The summed E-state index contributed by atoms with van der Waals surface area (Å²) in [5.41, 5.74) is 3.29. The van der Waals surface area contributed by atoms with Gasteiger partial charge in [0, 0.05) is 18.0 Å². The van der Waals surface area contributed by atoms with E-state index in [1.807, 2.05) is 28.9 Å². The van der Waals surface area contributed by atoms with Crippen LogP contribution in [-0.4, -0.2) is 33.1 Å². The normalized spacial score (nSPS) is 14.0. The van der Waals surface area contributed by atoms with Crippen molar-refractivity contribution in [2.45, 2.75) is 12.6 Å². The Balaban J connectivity index is 1.62. The number of hydrogen-bond acceptors (Lipinski definition) is 5. The maximum Gasteiger partial charge on any atom is 0.130 e. The third kappa shape index (κ3) is 2.95. The fourth-order valence-corrected chi connectivity index (χ4v) is 2.96. The number of benzene rings is 1. The van der Waals surface area contributed by atoms with Gasteiger partial charge in [-0.25, -0.2) is 0 Å². The van der Waals surface area contributed by atoms with Crippen molar-refractivity contribution in [2.24, 2.45) is 0 Å². The highest BCUT2D eigenvalue weighted by atomic mass is 16.5. The second-order valence-corrected chi connectivity index (χ2v) is 6.05. The average Bonchev–Trinajstić information content (AvgIpc) is 3.07. The summed E-state index contributed by atoms with van der Waals surface area (Å²) in [5.74, 6) is 0.725. The lowest BCUT2D eigenvalue weighted by Crippen LogP contribution is -2.31. The van der Waals surface area contributed by atoms with Crippen LogP contribution in [0.5, 0.6) is 11.5 Å². The van der Waals surface area contributed by atoms with Crippen molar-refractivity contribution in [3.63, 3.8) is 0 Å². The Morgan fingerprint density at radius 3 is 2.88 bits per heavy atom. The molecule has 132 valence electrons. The third-order valence-corrected chi connectivity index (χ3v) is 4.40. The van der Waals surface area contributed by atoms with Crippen LogP contribution in [0.25, 0.3) is 17.5 Å². The van der Waals surface area contributed by atoms with Crippen LogP contribution in [0.4, 0.5) is 0 Å². The lowest BCUT2D eigenvalue weighted by atomic mass is 10.1. The molecule has 0 spiro atoms. The minimum Gasteiger partial charge on any atom is -0.507 e. The van der Waals surface area contributed by atoms with Gasteiger partial charge in [0.25, 0.3) is 0 Å². The molecule has 0 bridgehead atoms. The summed E-state index contributed by atoms with van der Waals surface area (Å²) in [7, 11) is 0. The van der Waals surface area contributed by atoms with Gasteiger partial charge in [0.1, 0.15) is 18.1 Å². The van der Waals surface area contributed by atoms with Gasteiger partial charge in [-0.3, -0.25) is 9.67 Å². The number of aromatic nitrogens is 3. The van der Waals surface area contributed by atoms with Crippen molar-refractivity contribution in [2.75, 3.05) is 13.2 Å². The van der Waals surface area contributed by atoms with Gasteiger partial charge in [0.05, 0.1) is 36.2 Å². The van der Waals surface area contributed by atoms with E-state index in [0.717, 1.165) is 17.0 Å². The first kappa shape index (κ1) is 16.4. The lowest BCUT2D eigenvalue weighted by Gasteiger charge is -2.28. The lowest BCUT2D eigenvalue weighted by molar-refractivity contribution is -0.0279. The third-order valence-electron chi connectivity index (χ3n) is 4.40. The molecule has 6 heteroatoms. The van der Waals surface area contributed by atoms with Crippen molar-refractivity contribution in [3.8, 4) is 22.9 Å². The zero-order valence-corrected chi connectivity index (χ0v) is 14.2. The van der Waals surface area contributed by atoms with E-state index in [-0.39, 0.29) is 11.8 Å². The minimum atomic E-state index is 0.145. The molecule has 1 aliphatic heterocycles. The molecule has 4 rings (SSSR count). The van der Waals surface area contributed by atoms with Crippen LogP contribution in [-0.2, 0) is 11.3 Å². The molecular weight excluding hydrogens is 330 g/mol. The van der Waals surface area contributed by atoms with Gasteiger partial charge in [0.15, 0.2) is 0 Å². The maximum absolute atomic E-state index is 9.94. The zero-order valence-electron chi connectivity index (χ0n) is 14.2. The molecule has 1 saturated heterocycles. The van der Waals surface area contributed by atoms with Gasteiger partial charge in [0.2, 0.25) is 0 Å². The van der Waals surface area contributed by atoms with Crippen molar-refractivity contribution in [3.05, 3.63) is 66.5 Å². The molecule has 0 unspecified atom stereocenters. The van der Waals surface area contributed by atoms with Crippen LogP contribution in [0.2, 0.25) is 0 Å². The van der Waals surface area contributed by atoms with Gasteiger partial charge in [-0.05, 0) is 24.3 Å². The standard InChI is InChI=1S/C20H19N3O3/c1-2-16-18(24)6-3-7-19(16)26-11-14-5-4-9-21-20(14)17-8-10-22-23(17)15-12-25-13-15/h2-10,15,24H,1,11-13H2. The molecular formula is C20H19N3O3. The van der Waals surface area contributed by atoms with Crippen molar-refractivity contribution >= 4 is 6.08 Å². The van der Waals surface area contributed by atoms with Gasteiger partial charge in [-0.1, -0.05) is 24.8 Å². The SMILES string of the molecule is C=Cc1c(O)cccc1OCc1cccnc1-c1ccnn1C1COC1. The van der Waals surface area contributed by atoms with E-state index in [1.54, 1.807) is 30.6 Å². The van der Waals surface area contributed by atoms with Gasteiger partial charge >= 0.3 is 0 Å². The van der Waals surface area contributed by atoms with E-state index in [2.05, 4.69) is 16.7 Å². The first-order valence-electron chi connectivity index (χ1n) is 8.40. The smallest absolute Gasteiger partial charge is 0.130 e. The minimum absolute atomic E-state index is 0.145. The van der Waals surface area contributed by atoms with Crippen LogP contribution in [0.15, 0.2) is 55.4 Å². The van der Waals surface area contributed by atoms with Crippen LogP contribution in [0, 0.1) is 0 Å². The van der Waals surface area contributed by atoms with E-state index in [4.69, 9.17) is 9.47 Å². The fourth-order valence-electron chi connectivity index (χ4n) is 2.96. The number of phenolic OH excluding ortho intramolecular Hbond substituents is 1. The molecule has 26 heavy (non-hydrogen) atoms. The summed E-state index contributed by atoms with van der Waals surface area (Å²) in [5, 5.41) is 14.4. The molecule has 1 aliphatic rings. The predicted octanol–water partition coefficient (Wildman–Crippen LogP) is 3.44. The molecule has 1 fully saturated rings. The molecule has 0 aliphatic carbocycles. The molecule has 0 atom stereocenters. The number of rotatable bonds is 6. The predicted molar refractivity (Wildman–Crippen MR) is 97.8 cm³/mol. The summed E-state index contributed by atoms with van der Waals surface area (Å²) in [6.45, 7) is 5.39. The number of phenols is 1. The Kier molecular flexibility index (Phi) is 4.41. The van der Waals surface area contributed by atoms with Gasteiger partial charge < -0.3 is 14.6 Å². The van der Waals surface area contributed by atoms with Crippen LogP contribution < -0.4 is 4.74 Å². The molecule has 0 radical (unpaired) electrons. The first-order chi connectivity index (χ1) is 12.8. The van der Waals surface area contributed by atoms with Crippen molar-refractivity contribution in [1.29, 1.82) is 0 Å². The van der Waals surface area contributed by atoms with Crippen molar-refractivity contribution < 1.29 is 14.6 Å². The second-order valence-electron chi connectivity index (χ2n) is 6.05. The molecule has 6 nitrogen and oxygen atoms in total. The average molecular weight is 349 g/mol. The maximum atomic E-state index is 9.94. The highest BCUT2D eigenvalue weighted by Gasteiger charge is 2.25. The molecule has 0 saturated carbocycles. The molecule has 0 amide bonds. The number of hydrogen-bond donors (Lipinski definition) is 1. The summed E-state index contributed by atoms with van der Waals surface area (Å²) in [4.78, 5) is 4.54. The summed E-state index contributed by atoms with van der Waals surface area (Å²) in [6.07, 6.45) is 5.12. The molecule has 3 aromatic rings. The second kappa shape index (κ2) is 7.01. The van der Waals surface area contributed by atoms with E-state index < -0.39 is 0 Å². The quantitative estimate of drug-likeness (QED) is 0.738. The van der Waals surface area contributed by atoms with E-state index in [9.17, 15) is 5.11 Å². The topological polar surface area (TPSA) is 69.4 Å². The van der Waals surface area contributed by atoms with Gasteiger partial charge in [-0.15, -0.1) is 0 Å². The summed E-state index contributed by atoms with van der Waals surface area (Å²) < 4.78 is 13.2. The Morgan fingerprint density at radius 2 is 2.12 bits per heavy atom. The summed E-state index contributed by atoms with van der Waals surface area (Å²) >= 11 is 0. The number of pyridine rings is 1. The van der Waals surface area contributed by atoms with E-state index in [0.29, 0.717) is 31.1 Å². The first-order valence-corrected chi connectivity index (χ1v) is 8.40. The van der Waals surface area contributed by atoms with Crippen LogP contribution >= 0.6 is 0 Å². The van der Waals surface area contributed by atoms with E-state index >= 15 is 0 Å². The molecule has 3 heterocycles. The number of aromatic hydroxyl groups is 1. The van der Waals surface area contributed by atoms with Crippen LogP contribution in [0.3, 0.4) is 0 Å². The molecule has 1 aromatic carbocycles.